The Bertz CT molecular complexity index is 1360. The molecule has 2 heterocycles. The Morgan fingerprint density at radius 1 is 0.778 bits per heavy atom. The van der Waals surface area contributed by atoms with Crippen molar-refractivity contribution < 1.29 is 28.8 Å². The number of imide groups is 4. The fraction of sp³-hybridized carbons (Fsp3) is 0.0769. The second-order valence-electron chi connectivity index (χ2n) is 7.87. The first-order valence-electron chi connectivity index (χ1n) is 10.8. The van der Waals surface area contributed by atoms with Crippen LogP contribution in [0.5, 0.6) is 0 Å². The summed E-state index contributed by atoms with van der Waals surface area (Å²) in [7, 11) is 0. The molecule has 10 heteroatoms. The molecule has 2 aromatic rings. The molecule has 0 radical (unpaired) electrons. The predicted molar refractivity (Wildman–Crippen MR) is 129 cm³/mol. The van der Waals surface area contributed by atoms with Crippen molar-refractivity contribution in [2.75, 3.05) is 9.80 Å². The smallest absolute Gasteiger partial charge is 0.276 e. The van der Waals surface area contributed by atoms with Crippen LogP contribution in [-0.4, -0.2) is 35.7 Å². The number of allylic oxidation sites excluding steroid dienone is 4. The SMILES string of the molecule is CC(/C=C/C1C(=O)NC(=O)N(c2ccccc2)C1=O)=C\C=C1\C(=O)NC(=O)N(c2ccccc2)C1=O. The van der Waals surface area contributed by atoms with Gasteiger partial charge < -0.3 is 0 Å². The number of anilines is 2. The number of para-hydroxylation sites is 2. The Kier molecular flexibility index (Phi) is 6.68. The fourth-order valence-electron chi connectivity index (χ4n) is 3.59. The number of carbonyl (C=O) groups is 6. The van der Waals surface area contributed by atoms with Gasteiger partial charge in [0, 0.05) is 0 Å². The van der Waals surface area contributed by atoms with Gasteiger partial charge in [0.15, 0.2) is 0 Å². The minimum absolute atomic E-state index is 0.265. The number of amides is 8. The summed E-state index contributed by atoms with van der Waals surface area (Å²) in [5.41, 5.74) is 0.856. The maximum absolute atomic E-state index is 12.9. The summed E-state index contributed by atoms with van der Waals surface area (Å²) in [6.07, 6.45) is 5.48. The van der Waals surface area contributed by atoms with E-state index in [9.17, 15) is 28.8 Å². The summed E-state index contributed by atoms with van der Waals surface area (Å²) in [6.45, 7) is 1.63. The molecule has 1 unspecified atom stereocenters. The van der Waals surface area contributed by atoms with E-state index in [0.29, 0.717) is 16.9 Å². The minimum atomic E-state index is -1.26. The topological polar surface area (TPSA) is 133 Å². The number of nitrogens with one attached hydrogen (secondary N) is 2. The summed E-state index contributed by atoms with van der Waals surface area (Å²) in [6, 6.07) is 14.6. The van der Waals surface area contributed by atoms with E-state index >= 15 is 0 Å². The monoisotopic (exact) mass is 484 g/mol. The highest BCUT2D eigenvalue weighted by atomic mass is 16.2. The number of benzene rings is 2. The van der Waals surface area contributed by atoms with Gasteiger partial charge >= 0.3 is 12.1 Å². The van der Waals surface area contributed by atoms with E-state index in [1.165, 1.54) is 24.3 Å². The molecule has 0 saturated carbocycles. The Labute approximate surface area is 205 Å². The first kappa shape index (κ1) is 24.0. The van der Waals surface area contributed by atoms with Crippen molar-refractivity contribution >= 4 is 47.1 Å². The van der Waals surface area contributed by atoms with Crippen LogP contribution >= 0.6 is 0 Å². The molecule has 8 amide bonds. The molecular formula is C26H20N4O6. The van der Waals surface area contributed by atoms with Crippen molar-refractivity contribution in [3.05, 3.63) is 96.1 Å². The molecule has 2 aliphatic rings. The normalized spacial score (nSPS) is 20.3. The third kappa shape index (κ3) is 4.73. The lowest BCUT2D eigenvalue weighted by Crippen LogP contribution is -2.57. The van der Waals surface area contributed by atoms with Crippen LogP contribution < -0.4 is 20.4 Å². The molecule has 2 aliphatic heterocycles. The number of urea groups is 2. The van der Waals surface area contributed by atoms with Crippen molar-refractivity contribution in [2.45, 2.75) is 6.92 Å². The lowest BCUT2D eigenvalue weighted by molar-refractivity contribution is -0.132. The van der Waals surface area contributed by atoms with E-state index in [0.717, 1.165) is 9.80 Å². The Morgan fingerprint density at radius 2 is 1.33 bits per heavy atom. The van der Waals surface area contributed by atoms with Crippen LogP contribution in [0.3, 0.4) is 0 Å². The molecule has 2 N–H and O–H groups in total. The summed E-state index contributed by atoms with van der Waals surface area (Å²) < 4.78 is 0. The van der Waals surface area contributed by atoms with Crippen molar-refractivity contribution in [3.8, 4) is 0 Å². The van der Waals surface area contributed by atoms with Crippen LogP contribution in [-0.2, 0) is 19.2 Å². The maximum atomic E-state index is 12.9. The second-order valence-corrected chi connectivity index (χ2v) is 7.87. The highest BCUT2D eigenvalue weighted by Gasteiger charge is 2.40. The average Bonchev–Trinajstić information content (AvgIpc) is 2.84. The van der Waals surface area contributed by atoms with Crippen LogP contribution in [0, 0.1) is 5.92 Å². The van der Waals surface area contributed by atoms with Crippen molar-refractivity contribution in [1.82, 2.24) is 10.6 Å². The molecule has 0 bridgehead atoms. The lowest BCUT2D eigenvalue weighted by atomic mass is 10.0. The molecule has 1 atom stereocenters. The fourth-order valence-corrected chi connectivity index (χ4v) is 3.59. The average molecular weight is 484 g/mol. The van der Waals surface area contributed by atoms with E-state index in [4.69, 9.17) is 0 Å². The second kappa shape index (κ2) is 10.0. The number of carbonyl (C=O) groups excluding carboxylic acids is 6. The third-order valence-electron chi connectivity index (χ3n) is 5.40. The zero-order valence-electron chi connectivity index (χ0n) is 19.0. The summed E-state index contributed by atoms with van der Waals surface area (Å²) >= 11 is 0. The Morgan fingerprint density at radius 3 is 1.94 bits per heavy atom. The first-order valence-corrected chi connectivity index (χ1v) is 10.8. The van der Waals surface area contributed by atoms with Gasteiger partial charge in [0.2, 0.25) is 5.91 Å². The molecule has 180 valence electrons. The highest BCUT2D eigenvalue weighted by Crippen LogP contribution is 2.22. The van der Waals surface area contributed by atoms with Crippen LogP contribution in [0.4, 0.5) is 21.0 Å². The molecule has 4 rings (SSSR count). The molecular weight excluding hydrogens is 464 g/mol. The number of rotatable bonds is 5. The number of hydrogen-bond acceptors (Lipinski definition) is 6. The van der Waals surface area contributed by atoms with E-state index in [-0.39, 0.29) is 5.57 Å². The Hall–Kier alpha value is -5.12. The predicted octanol–water partition coefficient (Wildman–Crippen LogP) is 2.60. The van der Waals surface area contributed by atoms with Gasteiger partial charge in [-0.05, 0) is 37.3 Å². The van der Waals surface area contributed by atoms with Crippen molar-refractivity contribution in [1.29, 1.82) is 0 Å². The van der Waals surface area contributed by atoms with E-state index in [1.54, 1.807) is 67.6 Å². The molecule has 2 fully saturated rings. The molecule has 10 nitrogen and oxygen atoms in total. The quantitative estimate of drug-likeness (QED) is 0.290. The highest BCUT2D eigenvalue weighted by molar-refractivity contribution is 6.37. The number of hydrogen-bond donors (Lipinski definition) is 2. The van der Waals surface area contributed by atoms with E-state index < -0.39 is 41.6 Å². The van der Waals surface area contributed by atoms with Crippen molar-refractivity contribution in [3.63, 3.8) is 0 Å². The molecule has 0 spiro atoms. The number of barbiturate groups is 2. The van der Waals surface area contributed by atoms with E-state index in [2.05, 4.69) is 10.6 Å². The Balaban J connectivity index is 1.54. The van der Waals surface area contributed by atoms with Gasteiger partial charge in [-0.1, -0.05) is 60.2 Å². The van der Waals surface area contributed by atoms with Gasteiger partial charge in [0.25, 0.3) is 17.7 Å². The molecule has 0 aromatic heterocycles. The van der Waals surface area contributed by atoms with Gasteiger partial charge in [-0.15, -0.1) is 0 Å². The van der Waals surface area contributed by atoms with Crippen molar-refractivity contribution in [2.24, 2.45) is 5.92 Å². The lowest BCUT2D eigenvalue weighted by Gasteiger charge is -2.28. The third-order valence-corrected chi connectivity index (χ3v) is 5.40. The molecule has 36 heavy (non-hydrogen) atoms. The largest absolute Gasteiger partial charge is 0.335 e. The van der Waals surface area contributed by atoms with Crippen LogP contribution in [0.2, 0.25) is 0 Å². The molecule has 2 aromatic carbocycles. The van der Waals surface area contributed by atoms with E-state index in [1.807, 2.05) is 0 Å². The first-order chi connectivity index (χ1) is 17.3. The van der Waals surface area contributed by atoms with Gasteiger partial charge in [-0.3, -0.25) is 29.8 Å². The van der Waals surface area contributed by atoms with Crippen LogP contribution in [0.15, 0.2) is 96.1 Å². The van der Waals surface area contributed by atoms with Gasteiger partial charge in [0.05, 0.1) is 11.4 Å². The standard InChI is InChI=1S/C26H20N4O6/c1-16(12-14-19-21(31)27-25(35)29(23(19)33)17-8-4-2-5-9-17)13-15-20-22(32)28-26(36)30(24(20)34)18-10-6-3-7-11-18/h2-15,19H,1H3,(H,27,31,35)(H,28,32,36)/b14-12+,16-13+,20-15-. The maximum Gasteiger partial charge on any atom is 0.335 e. The molecule has 0 aliphatic carbocycles. The zero-order chi connectivity index (χ0) is 25.8. The van der Waals surface area contributed by atoms with Crippen LogP contribution in [0.1, 0.15) is 6.92 Å². The van der Waals surface area contributed by atoms with Gasteiger partial charge in [-0.25, -0.2) is 19.4 Å². The molecule has 2 saturated heterocycles. The van der Waals surface area contributed by atoms with Gasteiger partial charge in [0.1, 0.15) is 11.5 Å². The summed E-state index contributed by atoms with van der Waals surface area (Å²) in [5.74, 6) is -4.37. The minimum Gasteiger partial charge on any atom is -0.276 e. The summed E-state index contributed by atoms with van der Waals surface area (Å²) in [5, 5.41) is 4.29. The van der Waals surface area contributed by atoms with Crippen LogP contribution in [0.25, 0.3) is 0 Å². The summed E-state index contributed by atoms with van der Waals surface area (Å²) in [4.78, 5) is 76.5. The zero-order valence-corrected chi connectivity index (χ0v) is 19.0. The number of nitrogens with zero attached hydrogens (tertiary/aromatic N) is 2. The van der Waals surface area contributed by atoms with Gasteiger partial charge in [-0.2, -0.15) is 0 Å².